The molecule has 98 valence electrons. The van der Waals surface area contributed by atoms with Gasteiger partial charge in [0, 0.05) is 19.8 Å². The Hall–Kier alpha value is -2.36. The second-order valence-electron chi connectivity index (χ2n) is 4.49. The molecule has 0 aliphatic rings. The average Bonchev–Trinajstić information content (AvgIpc) is 2.41. The second-order valence-corrected chi connectivity index (χ2v) is 4.49. The highest BCUT2D eigenvalue weighted by molar-refractivity contribution is 5.87. The quantitative estimate of drug-likeness (QED) is 0.913. The molecule has 0 atom stereocenters. The summed E-state index contributed by atoms with van der Waals surface area (Å²) in [4.78, 5) is 16.9. The summed E-state index contributed by atoms with van der Waals surface area (Å²) in [6, 6.07) is 11.5. The third kappa shape index (κ3) is 3.10. The molecular weight excluding hydrogens is 240 g/mol. The molecule has 2 aromatic rings. The standard InChI is InChI=1S/C15H16N2O2/c1-11-5-3-4-6-13(11)10-17(2)14-8-7-12(9-16-14)15(18)19/h3-9H,10H2,1-2H3,(H,18,19). The molecule has 0 saturated heterocycles. The number of anilines is 1. The summed E-state index contributed by atoms with van der Waals surface area (Å²) in [5.74, 6) is -0.200. The molecule has 0 aliphatic carbocycles. The Balaban J connectivity index is 2.14. The van der Waals surface area contributed by atoms with Gasteiger partial charge in [0.2, 0.25) is 0 Å². The third-order valence-corrected chi connectivity index (χ3v) is 3.05. The van der Waals surface area contributed by atoms with Crippen LogP contribution < -0.4 is 4.90 Å². The van der Waals surface area contributed by atoms with E-state index in [4.69, 9.17) is 5.11 Å². The third-order valence-electron chi connectivity index (χ3n) is 3.05. The molecule has 0 spiro atoms. The number of carboxylic acids is 1. The van der Waals surface area contributed by atoms with Crippen LogP contribution in [-0.2, 0) is 6.54 Å². The van der Waals surface area contributed by atoms with Crippen molar-refractivity contribution >= 4 is 11.8 Å². The number of aromatic nitrogens is 1. The summed E-state index contributed by atoms with van der Waals surface area (Å²) in [5, 5.41) is 8.83. The van der Waals surface area contributed by atoms with Gasteiger partial charge in [-0.25, -0.2) is 9.78 Å². The largest absolute Gasteiger partial charge is 0.478 e. The minimum absolute atomic E-state index is 0.202. The van der Waals surface area contributed by atoms with E-state index in [0.717, 1.165) is 12.4 Å². The lowest BCUT2D eigenvalue weighted by molar-refractivity contribution is 0.0696. The van der Waals surface area contributed by atoms with Crippen LogP contribution in [0.15, 0.2) is 42.6 Å². The van der Waals surface area contributed by atoms with Crippen LogP contribution in [0.2, 0.25) is 0 Å². The van der Waals surface area contributed by atoms with Crippen LogP contribution in [0.5, 0.6) is 0 Å². The van der Waals surface area contributed by atoms with Crippen molar-refractivity contribution in [3.63, 3.8) is 0 Å². The summed E-state index contributed by atoms with van der Waals surface area (Å²) in [6.07, 6.45) is 1.38. The molecule has 19 heavy (non-hydrogen) atoms. The molecule has 0 saturated carbocycles. The Morgan fingerprint density at radius 3 is 2.58 bits per heavy atom. The van der Waals surface area contributed by atoms with Gasteiger partial charge in [-0.2, -0.15) is 0 Å². The first-order valence-electron chi connectivity index (χ1n) is 6.03. The van der Waals surface area contributed by atoms with Crippen LogP contribution in [0.1, 0.15) is 21.5 Å². The number of rotatable bonds is 4. The topological polar surface area (TPSA) is 53.4 Å². The van der Waals surface area contributed by atoms with Crippen molar-refractivity contribution in [2.45, 2.75) is 13.5 Å². The molecule has 4 nitrogen and oxygen atoms in total. The molecular formula is C15H16N2O2. The molecule has 1 N–H and O–H groups in total. The fourth-order valence-electron chi connectivity index (χ4n) is 1.86. The molecule has 0 aliphatic heterocycles. The van der Waals surface area contributed by atoms with E-state index in [2.05, 4.69) is 24.0 Å². The van der Waals surface area contributed by atoms with Gasteiger partial charge in [0.05, 0.1) is 5.56 Å². The van der Waals surface area contributed by atoms with Crippen molar-refractivity contribution in [3.05, 3.63) is 59.3 Å². The van der Waals surface area contributed by atoms with E-state index in [0.29, 0.717) is 0 Å². The number of aromatic carboxylic acids is 1. The van der Waals surface area contributed by atoms with Crippen molar-refractivity contribution in [1.82, 2.24) is 4.98 Å². The Bertz CT molecular complexity index is 579. The monoisotopic (exact) mass is 256 g/mol. The molecule has 0 unspecified atom stereocenters. The van der Waals surface area contributed by atoms with Gasteiger partial charge in [0.15, 0.2) is 0 Å². The molecule has 0 fully saturated rings. The van der Waals surface area contributed by atoms with E-state index in [1.807, 2.05) is 24.1 Å². The highest BCUT2D eigenvalue weighted by Crippen LogP contribution is 2.15. The van der Waals surface area contributed by atoms with Gasteiger partial charge in [0.25, 0.3) is 0 Å². The highest BCUT2D eigenvalue weighted by atomic mass is 16.4. The molecule has 1 heterocycles. The van der Waals surface area contributed by atoms with Gasteiger partial charge in [-0.15, -0.1) is 0 Å². The Kier molecular flexibility index (Phi) is 3.80. The van der Waals surface area contributed by atoms with Crippen LogP contribution in [0, 0.1) is 6.92 Å². The summed E-state index contributed by atoms with van der Waals surface area (Å²) >= 11 is 0. The van der Waals surface area contributed by atoms with Gasteiger partial charge in [-0.3, -0.25) is 0 Å². The smallest absolute Gasteiger partial charge is 0.337 e. The number of aryl methyl sites for hydroxylation is 1. The zero-order valence-electron chi connectivity index (χ0n) is 11.0. The molecule has 2 rings (SSSR count). The van der Waals surface area contributed by atoms with E-state index in [-0.39, 0.29) is 5.56 Å². The predicted molar refractivity (Wildman–Crippen MR) is 74.5 cm³/mol. The first-order valence-corrected chi connectivity index (χ1v) is 6.03. The number of hydrogen-bond acceptors (Lipinski definition) is 3. The zero-order valence-corrected chi connectivity index (χ0v) is 11.0. The van der Waals surface area contributed by atoms with Gasteiger partial charge in [-0.05, 0) is 30.2 Å². The van der Waals surface area contributed by atoms with E-state index in [1.165, 1.54) is 17.3 Å². The predicted octanol–water partition coefficient (Wildman–Crippen LogP) is 2.72. The number of nitrogens with zero attached hydrogens (tertiary/aromatic N) is 2. The fourth-order valence-corrected chi connectivity index (χ4v) is 1.86. The van der Waals surface area contributed by atoms with Crippen molar-refractivity contribution in [1.29, 1.82) is 0 Å². The van der Waals surface area contributed by atoms with Crippen molar-refractivity contribution in [2.75, 3.05) is 11.9 Å². The van der Waals surface area contributed by atoms with Crippen LogP contribution in [0.25, 0.3) is 0 Å². The number of carboxylic acid groups (broad SMARTS) is 1. The summed E-state index contributed by atoms with van der Waals surface area (Å²) < 4.78 is 0. The van der Waals surface area contributed by atoms with Gasteiger partial charge in [0.1, 0.15) is 5.82 Å². The maximum Gasteiger partial charge on any atom is 0.337 e. The maximum absolute atomic E-state index is 10.8. The molecule has 1 aromatic heterocycles. The lowest BCUT2D eigenvalue weighted by Gasteiger charge is -2.19. The van der Waals surface area contributed by atoms with E-state index in [1.54, 1.807) is 12.1 Å². The normalized spacial score (nSPS) is 10.2. The maximum atomic E-state index is 10.8. The minimum Gasteiger partial charge on any atom is -0.478 e. The van der Waals surface area contributed by atoms with Gasteiger partial charge < -0.3 is 10.0 Å². The highest BCUT2D eigenvalue weighted by Gasteiger charge is 2.07. The fraction of sp³-hybridized carbons (Fsp3) is 0.200. The van der Waals surface area contributed by atoms with Crippen molar-refractivity contribution < 1.29 is 9.90 Å². The second kappa shape index (κ2) is 5.52. The SMILES string of the molecule is Cc1ccccc1CN(C)c1ccc(C(=O)O)cn1. The van der Waals surface area contributed by atoms with Crippen LogP contribution in [-0.4, -0.2) is 23.1 Å². The van der Waals surface area contributed by atoms with Crippen LogP contribution in [0.3, 0.4) is 0 Å². The first kappa shape index (κ1) is 13.1. The number of carbonyl (C=O) groups is 1. The molecule has 0 radical (unpaired) electrons. The van der Waals surface area contributed by atoms with Crippen molar-refractivity contribution in [2.24, 2.45) is 0 Å². The number of benzene rings is 1. The molecule has 0 bridgehead atoms. The van der Waals surface area contributed by atoms with Gasteiger partial charge >= 0.3 is 5.97 Å². The van der Waals surface area contributed by atoms with Crippen LogP contribution >= 0.6 is 0 Å². The lowest BCUT2D eigenvalue weighted by Crippen LogP contribution is -2.18. The Morgan fingerprint density at radius 1 is 1.26 bits per heavy atom. The average molecular weight is 256 g/mol. The molecule has 1 aromatic carbocycles. The Labute approximate surface area is 112 Å². The summed E-state index contributed by atoms with van der Waals surface area (Å²) in [6.45, 7) is 2.82. The first-order chi connectivity index (χ1) is 9.08. The van der Waals surface area contributed by atoms with Crippen LogP contribution in [0.4, 0.5) is 5.82 Å². The van der Waals surface area contributed by atoms with Gasteiger partial charge in [-0.1, -0.05) is 24.3 Å². The van der Waals surface area contributed by atoms with E-state index >= 15 is 0 Å². The lowest BCUT2D eigenvalue weighted by atomic mass is 10.1. The minimum atomic E-state index is -0.958. The summed E-state index contributed by atoms with van der Waals surface area (Å²) in [5.41, 5.74) is 2.67. The van der Waals surface area contributed by atoms with Crippen molar-refractivity contribution in [3.8, 4) is 0 Å². The van der Waals surface area contributed by atoms with E-state index < -0.39 is 5.97 Å². The molecule has 0 amide bonds. The zero-order chi connectivity index (χ0) is 13.8. The Morgan fingerprint density at radius 2 is 2.00 bits per heavy atom. The molecule has 4 heteroatoms. The van der Waals surface area contributed by atoms with E-state index in [9.17, 15) is 4.79 Å². The number of hydrogen-bond donors (Lipinski definition) is 1. The summed E-state index contributed by atoms with van der Waals surface area (Å²) in [7, 11) is 1.94. The number of pyridine rings is 1.